The fourth-order valence-corrected chi connectivity index (χ4v) is 2.56. The Bertz CT molecular complexity index is 633. The number of nitrogens with zero attached hydrogens (tertiary/aromatic N) is 2. The van der Waals surface area contributed by atoms with Crippen molar-refractivity contribution in [3.05, 3.63) is 41.7 Å². The topological polar surface area (TPSA) is 66.6 Å². The highest BCUT2D eigenvalue weighted by Gasteiger charge is 2.28. The second kappa shape index (κ2) is 5.69. The van der Waals surface area contributed by atoms with Crippen LogP contribution in [0.3, 0.4) is 0 Å². The van der Waals surface area contributed by atoms with E-state index in [9.17, 15) is 4.79 Å². The van der Waals surface area contributed by atoms with Gasteiger partial charge in [0.2, 0.25) is 5.76 Å². The van der Waals surface area contributed by atoms with Gasteiger partial charge in [-0.15, -0.1) is 0 Å². The number of aromatic nitrogens is 1. The van der Waals surface area contributed by atoms with Crippen LogP contribution in [0.25, 0.3) is 11.3 Å². The summed E-state index contributed by atoms with van der Waals surface area (Å²) in [6.45, 7) is 3.38. The van der Waals surface area contributed by atoms with E-state index in [1.165, 1.54) is 5.56 Å². The van der Waals surface area contributed by atoms with Gasteiger partial charge in [-0.25, -0.2) is 0 Å². The molecule has 0 radical (unpaired) electrons. The molecule has 0 saturated carbocycles. The van der Waals surface area contributed by atoms with Crippen LogP contribution in [0.15, 0.2) is 34.9 Å². The Labute approximate surface area is 123 Å². The fraction of sp³-hybridized carbons (Fsp3) is 0.375. The summed E-state index contributed by atoms with van der Waals surface area (Å²) in [6.07, 6.45) is 0.835. The van der Waals surface area contributed by atoms with E-state index in [1.54, 1.807) is 11.0 Å². The monoisotopic (exact) mass is 286 g/mol. The Balaban J connectivity index is 1.75. The summed E-state index contributed by atoms with van der Waals surface area (Å²) in [5, 5.41) is 13.1. The van der Waals surface area contributed by atoms with Crippen molar-refractivity contribution >= 4 is 5.91 Å². The molecular weight excluding hydrogens is 268 g/mol. The average Bonchev–Trinajstić information content (AvgIpc) is 3.16. The summed E-state index contributed by atoms with van der Waals surface area (Å²) in [4.78, 5) is 14.0. The van der Waals surface area contributed by atoms with Crippen LogP contribution < -0.4 is 0 Å². The first-order chi connectivity index (χ1) is 10.2. The largest absolute Gasteiger partial charge is 0.396 e. The summed E-state index contributed by atoms with van der Waals surface area (Å²) in [6, 6.07) is 9.59. The molecule has 0 spiro atoms. The van der Waals surface area contributed by atoms with Crippen LogP contribution in [-0.4, -0.2) is 40.8 Å². The van der Waals surface area contributed by atoms with Gasteiger partial charge in [0.15, 0.2) is 0 Å². The number of likely N-dealkylation sites (tertiary alicyclic amines) is 1. The van der Waals surface area contributed by atoms with Gasteiger partial charge in [-0.05, 0) is 13.3 Å². The highest BCUT2D eigenvalue weighted by Crippen LogP contribution is 2.22. The van der Waals surface area contributed by atoms with Gasteiger partial charge in [0.1, 0.15) is 5.69 Å². The zero-order chi connectivity index (χ0) is 14.8. The third kappa shape index (κ3) is 2.83. The first-order valence-electron chi connectivity index (χ1n) is 7.11. The highest BCUT2D eigenvalue weighted by atomic mass is 16.5. The number of carbonyl (C=O) groups excluding carboxylic acids is 1. The maximum atomic E-state index is 12.3. The minimum Gasteiger partial charge on any atom is -0.396 e. The summed E-state index contributed by atoms with van der Waals surface area (Å²) < 4.78 is 5.19. The molecule has 1 unspecified atom stereocenters. The van der Waals surface area contributed by atoms with Gasteiger partial charge in [-0.2, -0.15) is 0 Å². The molecule has 1 fully saturated rings. The Morgan fingerprint density at radius 2 is 2.19 bits per heavy atom. The Kier molecular flexibility index (Phi) is 3.75. The molecule has 1 N–H and O–H groups in total. The lowest BCUT2D eigenvalue weighted by Gasteiger charge is -2.13. The second-order valence-electron chi connectivity index (χ2n) is 5.53. The molecule has 0 bridgehead atoms. The van der Waals surface area contributed by atoms with Gasteiger partial charge < -0.3 is 14.5 Å². The molecule has 1 saturated heterocycles. The van der Waals surface area contributed by atoms with E-state index in [-0.39, 0.29) is 24.2 Å². The molecule has 2 aromatic rings. The predicted molar refractivity (Wildman–Crippen MR) is 77.8 cm³/mol. The Hall–Kier alpha value is -2.14. The number of aliphatic hydroxyl groups excluding tert-OH is 1. The smallest absolute Gasteiger partial charge is 0.292 e. The molecule has 5 heteroatoms. The third-order valence-corrected chi connectivity index (χ3v) is 3.90. The number of rotatable bonds is 3. The molecule has 1 aromatic carbocycles. The van der Waals surface area contributed by atoms with Crippen LogP contribution in [0.4, 0.5) is 0 Å². The maximum absolute atomic E-state index is 12.3. The fourth-order valence-electron chi connectivity index (χ4n) is 2.56. The molecule has 1 atom stereocenters. The van der Waals surface area contributed by atoms with Gasteiger partial charge in [-0.3, -0.25) is 4.79 Å². The van der Waals surface area contributed by atoms with E-state index in [2.05, 4.69) is 5.16 Å². The van der Waals surface area contributed by atoms with E-state index in [1.807, 2.05) is 31.2 Å². The van der Waals surface area contributed by atoms with Crippen molar-refractivity contribution < 1.29 is 14.4 Å². The Morgan fingerprint density at radius 1 is 1.43 bits per heavy atom. The average molecular weight is 286 g/mol. The quantitative estimate of drug-likeness (QED) is 0.938. The number of carbonyl (C=O) groups is 1. The van der Waals surface area contributed by atoms with Crippen LogP contribution in [0.2, 0.25) is 0 Å². The summed E-state index contributed by atoms with van der Waals surface area (Å²) >= 11 is 0. The molecule has 5 nitrogen and oxygen atoms in total. The molecule has 0 aliphatic carbocycles. The van der Waals surface area contributed by atoms with Crippen molar-refractivity contribution in [1.82, 2.24) is 10.1 Å². The maximum Gasteiger partial charge on any atom is 0.292 e. The van der Waals surface area contributed by atoms with Crippen molar-refractivity contribution in [2.45, 2.75) is 13.3 Å². The summed E-state index contributed by atoms with van der Waals surface area (Å²) in [5.41, 5.74) is 2.76. The minimum absolute atomic E-state index is 0.120. The first-order valence-corrected chi connectivity index (χ1v) is 7.11. The molecular formula is C16H18N2O3. The predicted octanol–water partition coefficient (Wildman–Crippen LogP) is 2.10. The lowest BCUT2D eigenvalue weighted by atomic mass is 10.1. The zero-order valence-electron chi connectivity index (χ0n) is 12.0. The number of hydrogen-bond donors (Lipinski definition) is 1. The van der Waals surface area contributed by atoms with E-state index in [0.717, 1.165) is 12.0 Å². The van der Waals surface area contributed by atoms with Crippen molar-refractivity contribution in [3.63, 3.8) is 0 Å². The third-order valence-electron chi connectivity index (χ3n) is 3.90. The van der Waals surface area contributed by atoms with Crippen molar-refractivity contribution in [3.8, 4) is 11.3 Å². The van der Waals surface area contributed by atoms with Gasteiger partial charge in [0.05, 0.1) is 0 Å². The molecule has 1 amide bonds. The van der Waals surface area contributed by atoms with Gasteiger partial charge in [0.25, 0.3) is 5.91 Å². The van der Waals surface area contributed by atoms with E-state index >= 15 is 0 Å². The van der Waals surface area contributed by atoms with Gasteiger partial charge >= 0.3 is 0 Å². The number of benzene rings is 1. The lowest BCUT2D eigenvalue weighted by Crippen LogP contribution is -2.28. The molecule has 2 heterocycles. The summed E-state index contributed by atoms with van der Waals surface area (Å²) in [7, 11) is 0. The molecule has 1 aliphatic heterocycles. The first kappa shape index (κ1) is 13.8. The van der Waals surface area contributed by atoms with E-state index in [4.69, 9.17) is 9.63 Å². The van der Waals surface area contributed by atoms with Gasteiger partial charge in [0, 0.05) is 37.2 Å². The highest BCUT2D eigenvalue weighted by molar-refractivity contribution is 5.92. The SMILES string of the molecule is Cc1ccc(-c2cc(C(=O)N3CCC(CO)C3)on2)cc1. The number of aryl methyl sites for hydroxylation is 1. The normalized spacial score (nSPS) is 18.2. The van der Waals surface area contributed by atoms with Crippen LogP contribution in [0, 0.1) is 12.8 Å². The van der Waals surface area contributed by atoms with Gasteiger partial charge in [-0.1, -0.05) is 35.0 Å². The molecule has 3 rings (SSSR count). The van der Waals surface area contributed by atoms with Crippen LogP contribution >= 0.6 is 0 Å². The van der Waals surface area contributed by atoms with E-state index < -0.39 is 0 Å². The zero-order valence-corrected chi connectivity index (χ0v) is 12.0. The molecule has 110 valence electrons. The number of aliphatic hydroxyl groups is 1. The van der Waals surface area contributed by atoms with Crippen LogP contribution in [0.1, 0.15) is 22.5 Å². The van der Waals surface area contributed by atoms with Crippen LogP contribution in [0.5, 0.6) is 0 Å². The summed E-state index contributed by atoms with van der Waals surface area (Å²) in [5.74, 6) is 0.273. The van der Waals surface area contributed by atoms with Crippen LogP contribution in [-0.2, 0) is 0 Å². The second-order valence-corrected chi connectivity index (χ2v) is 5.53. The number of amides is 1. The van der Waals surface area contributed by atoms with Crippen molar-refractivity contribution in [2.75, 3.05) is 19.7 Å². The Morgan fingerprint density at radius 3 is 2.86 bits per heavy atom. The van der Waals surface area contributed by atoms with E-state index in [0.29, 0.717) is 18.8 Å². The number of hydrogen-bond acceptors (Lipinski definition) is 4. The molecule has 1 aliphatic rings. The van der Waals surface area contributed by atoms with Crippen molar-refractivity contribution in [2.24, 2.45) is 5.92 Å². The minimum atomic E-state index is -0.156. The van der Waals surface area contributed by atoms with Crippen molar-refractivity contribution in [1.29, 1.82) is 0 Å². The molecule has 1 aromatic heterocycles. The molecule has 21 heavy (non-hydrogen) atoms. The standard InChI is InChI=1S/C16H18N2O3/c1-11-2-4-13(5-3-11)14-8-15(21-17-14)16(20)18-7-6-12(9-18)10-19/h2-5,8,12,19H,6-7,9-10H2,1H3. The lowest BCUT2D eigenvalue weighted by molar-refractivity contribution is 0.0740.